The standard InChI is InChI=1S/C11H10BrN3OS/c12-6-9(8-4-2-1-3-5-8)13-11(16)10-7-17-15-14-10/h1-5,7,9H,6H2,(H,13,16). The molecule has 0 saturated carbocycles. The monoisotopic (exact) mass is 311 g/mol. The van der Waals surface area contributed by atoms with E-state index in [1.165, 1.54) is 0 Å². The minimum atomic E-state index is -0.202. The Morgan fingerprint density at radius 2 is 2.18 bits per heavy atom. The number of nitrogens with one attached hydrogen (secondary N) is 1. The fourth-order valence-electron chi connectivity index (χ4n) is 1.39. The molecule has 2 aromatic rings. The second-order valence-corrected chi connectivity index (χ2v) is 4.64. The minimum Gasteiger partial charge on any atom is -0.343 e. The molecule has 0 saturated heterocycles. The van der Waals surface area contributed by atoms with E-state index in [0.717, 1.165) is 17.1 Å². The molecular weight excluding hydrogens is 302 g/mol. The molecule has 1 amide bonds. The van der Waals surface area contributed by atoms with Gasteiger partial charge in [-0.3, -0.25) is 4.79 Å². The van der Waals surface area contributed by atoms with Crippen LogP contribution in [0.1, 0.15) is 22.1 Å². The van der Waals surface area contributed by atoms with E-state index in [2.05, 4.69) is 30.8 Å². The van der Waals surface area contributed by atoms with E-state index in [-0.39, 0.29) is 11.9 Å². The lowest BCUT2D eigenvalue weighted by Crippen LogP contribution is -2.29. The topological polar surface area (TPSA) is 54.9 Å². The summed E-state index contributed by atoms with van der Waals surface area (Å²) in [4.78, 5) is 11.8. The van der Waals surface area contributed by atoms with Gasteiger partial charge >= 0.3 is 0 Å². The highest BCUT2D eigenvalue weighted by molar-refractivity contribution is 9.09. The molecule has 6 heteroatoms. The summed E-state index contributed by atoms with van der Waals surface area (Å²) >= 11 is 4.56. The number of aromatic nitrogens is 2. The van der Waals surface area contributed by atoms with E-state index in [0.29, 0.717) is 11.0 Å². The summed E-state index contributed by atoms with van der Waals surface area (Å²) in [7, 11) is 0. The van der Waals surface area contributed by atoms with Crippen molar-refractivity contribution in [3.05, 3.63) is 47.0 Å². The summed E-state index contributed by atoms with van der Waals surface area (Å²) in [6.45, 7) is 0. The number of carbonyl (C=O) groups excluding carboxylic acids is 1. The largest absolute Gasteiger partial charge is 0.343 e. The van der Waals surface area contributed by atoms with Gasteiger partial charge in [0.05, 0.1) is 6.04 Å². The van der Waals surface area contributed by atoms with Crippen molar-refractivity contribution in [1.82, 2.24) is 14.9 Å². The zero-order valence-corrected chi connectivity index (χ0v) is 11.2. The SMILES string of the molecule is O=C(NC(CBr)c1ccccc1)c1csnn1. The van der Waals surface area contributed by atoms with Gasteiger partial charge in [0.1, 0.15) is 0 Å². The van der Waals surface area contributed by atoms with Crippen LogP contribution in [0.2, 0.25) is 0 Å². The quantitative estimate of drug-likeness (QED) is 0.882. The number of hydrogen-bond donors (Lipinski definition) is 1. The molecule has 1 unspecified atom stereocenters. The zero-order valence-electron chi connectivity index (χ0n) is 8.84. The van der Waals surface area contributed by atoms with Crippen molar-refractivity contribution in [2.24, 2.45) is 0 Å². The van der Waals surface area contributed by atoms with Gasteiger partial charge in [-0.2, -0.15) is 0 Å². The van der Waals surface area contributed by atoms with Crippen LogP contribution in [0, 0.1) is 0 Å². The van der Waals surface area contributed by atoms with Crippen LogP contribution >= 0.6 is 27.5 Å². The van der Waals surface area contributed by atoms with Crippen molar-refractivity contribution in [1.29, 1.82) is 0 Å². The molecule has 0 aliphatic rings. The normalized spacial score (nSPS) is 12.1. The van der Waals surface area contributed by atoms with Gasteiger partial charge in [0.2, 0.25) is 0 Å². The Bertz CT molecular complexity index is 475. The van der Waals surface area contributed by atoms with Gasteiger partial charge in [-0.25, -0.2) is 0 Å². The Kier molecular flexibility index (Phi) is 4.22. The molecule has 1 heterocycles. The van der Waals surface area contributed by atoms with Crippen LogP contribution in [0.3, 0.4) is 0 Å². The molecule has 1 aromatic carbocycles. The molecule has 17 heavy (non-hydrogen) atoms. The van der Waals surface area contributed by atoms with Gasteiger partial charge in [-0.15, -0.1) is 5.10 Å². The molecule has 0 spiro atoms. The van der Waals surface area contributed by atoms with Crippen molar-refractivity contribution in [3.63, 3.8) is 0 Å². The maximum Gasteiger partial charge on any atom is 0.273 e. The van der Waals surface area contributed by atoms with Gasteiger partial charge in [-0.05, 0) is 17.1 Å². The molecular formula is C11H10BrN3OS. The van der Waals surface area contributed by atoms with Crippen molar-refractivity contribution < 1.29 is 4.79 Å². The molecule has 4 nitrogen and oxygen atoms in total. The third-order valence-corrected chi connectivity index (χ3v) is 3.41. The summed E-state index contributed by atoms with van der Waals surface area (Å²) in [5, 5.41) is 8.93. The predicted molar refractivity (Wildman–Crippen MR) is 70.4 cm³/mol. The first-order valence-corrected chi connectivity index (χ1v) is 6.96. The highest BCUT2D eigenvalue weighted by Gasteiger charge is 2.15. The van der Waals surface area contributed by atoms with Gasteiger partial charge in [0.25, 0.3) is 5.91 Å². The average molecular weight is 312 g/mol. The zero-order chi connectivity index (χ0) is 12.1. The predicted octanol–water partition coefficient (Wildman–Crippen LogP) is 2.40. The lowest BCUT2D eigenvalue weighted by molar-refractivity contribution is 0.0936. The highest BCUT2D eigenvalue weighted by atomic mass is 79.9. The fraction of sp³-hybridized carbons (Fsp3) is 0.182. The van der Waals surface area contributed by atoms with E-state index in [4.69, 9.17) is 0 Å². The third-order valence-electron chi connectivity index (χ3n) is 2.25. The molecule has 0 bridgehead atoms. The van der Waals surface area contributed by atoms with Gasteiger partial charge in [0, 0.05) is 10.7 Å². The van der Waals surface area contributed by atoms with Crippen LogP contribution in [-0.4, -0.2) is 20.8 Å². The summed E-state index contributed by atoms with van der Waals surface area (Å²) in [6, 6.07) is 9.73. The number of benzene rings is 1. The molecule has 1 N–H and O–H groups in total. The summed E-state index contributed by atoms with van der Waals surface area (Å²) in [5.41, 5.74) is 1.41. The Labute approximate surface area is 111 Å². The molecule has 0 fully saturated rings. The lowest BCUT2D eigenvalue weighted by Gasteiger charge is -2.15. The van der Waals surface area contributed by atoms with Crippen LogP contribution in [0.4, 0.5) is 0 Å². The first kappa shape index (κ1) is 12.2. The average Bonchev–Trinajstić information content (AvgIpc) is 2.90. The van der Waals surface area contributed by atoms with Crippen LogP contribution < -0.4 is 5.32 Å². The number of hydrogen-bond acceptors (Lipinski definition) is 4. The number of halogens is 1. The van der Waals surface area contributed by atoms with Crippen molar-refractivity contribution in [3.8, 4) is 0 Å². The Morgan fingerprint density at radius 3 is 2.76 bits per heavy atom. The highest BCUT2D eigenvalue weighted by Crippen LogP contribution is 2.15. The molecule has 1 atom stereocenters. The summed E-state index contributed by atoms with van der Waals surface area (Å²) in [6.07, 6.45) is 0. The molecule has 0 aliphatic heterocycles. The maximum absolute atomic E-state index is 11.8. The van der Waals surface area contributed by atoms with E-state index < -0.39 is 0 Å². The van der Waals surface area contributed by atoms with Gasteiger partial charge in [-0.1, -0.05) is 50.8 Å². The Hall–Kier alpha value is -1.27. The molecule has 2 rings (SSSR count). The van der Waals surface area contributed by atoms with Crippen LogP contribution in [0.15, 0.2) is 35.7 Å². The van der Waals surface area contributed by atoms with Crippen LogP contribution in [0.25, 0.3) is 0 Å². The summed E-state index contributed by atoms with van der Waals surface area (Å²) in [5.74, 6) is -0.202. The number of alkyl halides is 1. The van der Waals surface area contributed by atoms with Crippen molar-refractivity contribution >= 4 is 33.4 Å². The Morgan fingerprint density at radius 1 is 1.41 bits per heavy atom. The number of carbonyl (C=O) groups is 1. The van der Waals surface area contributed by atoms with E-state index in [9.17, 15) is 4.79 Å². The Balaban J connectivity index is 2.09. The van der Waals surface area contributed by atoms with Gasteiger partial charge in [0.15, 0.2) is 5.69 Å². The molecule has 0 aliphatic carbocycles. The van der Waals surface area contributed by atoms with E-state index >= 15 is 0 Å². The second-order valence-electron chi connectivity index (χ2n) is 3.38. The lowest BCUT2D eigenvalue weighted by atomic mass is 10.1. The van der Waals surface area contributed by atoms with Gasteiger partial charge < -0.3 is 5.32 Å². The van der Waals surface area contributed by atoms with E-state index in [1.54, 1.807) is 5.38 Å². The molecule has 1 aromatic heterocycles. The van der Waals surface area contributed by atoms with Crippen LogP contribution in [0.5, 0.6) is 0 Å². The minimum absolute atomic E-state index is 0.0644. The third kappa shape index (κ3) is 3.10. The van der Waals surface area contributed by atoms with Crippen LogP contribution in [-0.2, 0) is 0 Å². The molecule has 88 valence electrons. The first-order chi connectivity index (χ1) is 8.31. The second kappa shape index (κ2) is 5.88. The summed E-state index contributed by atoms with van der Waals surface area (Å²) < 4.78 is 3.67. The van der Waals surface area contributed by atoms with Crippen molar-refractivity contribution in [2.75, 3.05) is 5.33 Å². The van der Waals surface area contributed by atoms with Crippen molar-refractivity contribution in [2.45, 2.75) is 6.04 Å². The number of rotatable bonds is 4. The first-order valence-electron chi connectivity index (χ1n) is 5.00. The maximum atomic E-state index is 11.8. The fourth-order valence-corrected chi connectivity index (χ4v) is 2.36. The number of amides is 1. The number of nitrogens with zero attached hydrogens (tertiary/aromatic N) is 2. The molecule has 0 radical (unpaired) electrons. The van der Waals surface area contributed by atoms with E-state index in [1.807, 2.05) is 30.3 Å². The smallest absolute Gasteiger partial charge is 0.273 e.